The topological polar surface area (TPSA) is 124 Å². The van der Waals surface area contributed by atoms with Crippen molar-refractivity contribution in [3.8, 4) is 34.3 Å². The molecule has 10 heteroatoms. The summed E-state index contributed by atoms with van der Waals surface area (Å²) in [6.45, 7) is 1.57. The van der Waals surface area contributed by atoms with Crippen LogP contribution in [0.5, 0.6) is 11.5 Å². The van der Waals surface area contributed by atoms with Crippen molar-refractivity contribution in [2.24, 2.45) is 24.6 Å². The summed E-state index contributed by atoms with van der Waals surface area (Å²) in [5.74, 6) is 2.61. The van der Waals surface area contributed by atoms with Crippen LogP contribution < -0.4 is 10.5 Å². The quantitative estimate of drug-likeness (QED) is 0.255. The van der Waals surface area contributed by atoms with Gasteiger partial charge in [-0.1, -0.05) is 6.07 Å². The SMILES string of the molecule is COc1cc(C(=O)N2CC3CCC2[C@@H]3N)cc2nc(-c3cc4ccc(-c5ccc6c(O)ccnc6c5)nc4n3CC3CC3)n(C)c12. The zero-order chi connectivity index (χ0) is 31.3. The van der Waals surface area contributed by atoms with E-state index in [1.807, 2.05) is 48.3 Å². The maximum absolute atomic E-state index is 13.7. The van der Waals surface area contributed by atoms with Gasteiger partial charge in [-0.2, -0.15) is 0 Å². The molecule has 232 valence electrons. The second kappa shape index (κ2) is 10.0. The van der Waals surface area contributed by atoms with Crippen molar-refractivity contribution < 1.29 is 14.6 Å². The van der Waals surface area contributed by atoms with E-state index in [4.69, 9.17) is 20.4 Å². The van der Waals surface area contributed by atoms with Crippen LogP contribution in [-0.4, -0.2) is 65.7 Å². The highest BCUT2D eigenvalue weighted by Gasteiger charge is 2.47. The number of aromatic hydroxyl groups is 1. The van der Waals surface area contributed by atoms with Crippen molar-refractivity contribution in [3.05, 3.63) is 66.4 Å². The van der Waals surface area contributed by atoms with Crippen LogP contribution in [0.15, 0.2) is 60.8 Å². The summed E-state index contributed by atoms with van der Waals surface area (Å²) in [6, 6.07) is 17.6. The van der Waals surface area contributed by atoms with E-state index in [1.165, 1.54) is 12.8 Å². The molecule has 1 saturated heterocycles. The van der Waals surface area contributed by atoms with E-state index in [9.17, 15) is 9.90 Å². The van der Waals surface area contributed by atoms with Gasteiger partial charge >= 0.3 is 0 Å². The molecule has 6 aromatic rings. The van der Waals surface area contributed by atoms with Crippen LogP contribution in [0.2, 0.25) is 0 Å². The molecule has 0 spiro atoms. The fourth-order valence-electron chi connectivity index (χ4n) is 7.78. The number of ether oxygens (including phenoxy) is 1. The molecule has 5 heterocycles. The Bertz CT molecular complexity index is 2210. The van der Waals surface area contributed by atoms with E-state index >= 15 is 0 Å². The summed E-state index contributed by atoms with van der Waals surface area (Å²) < 4.78 is 10.2. The molecule has 2 saturated carbocycles. The Balaban J connectivity index is 1.15. The normalized spacial score (nSPS) is 20.8. The Kier molecular flexibility index (Phi) is 5.96. The number of imidazole rings is 1. The van der Waals surface area contributed by atoms with Gasteiger partial charge in [-0.25, -0.2) is 9.97 Å². The monoisotopic (exact) mass is 613 g/mol. The molecular formula is C36H35N7O3. The lowest BCUT2D eigenvalue weighted by atomic mass is 10.1. The molecule has 2 bridgehead atoms. The zero-order valence-electron chi connectivity index (χ0n) is 25.8. The van der Waals surface area contributed by atoms with Crippen molar-refractivity contribution in [1.82, 2.24) is 29.0 Å². The molecule has 2 aromatic carbocycles. The lowest BCUT2D eigenvalue weighted by Crippen LogP contribution is -2.41. The van der Waals surface area contributed by atoms with Crippen molar-refractivity contribution in [2.45, 2.75) is 44.3 Å². The minimum absolute atomic E-state index is 0.00580. The lowest BCUT2D eigenvalue weighted by Gasteiger charge is -2.27. The summed E-state index contributed by atoms with van der Waals surface area (Å²) in [5.41, 5.74) is 12.9. The number of fused-ring (bicyclic) bond motifs is 5. The molecule has 3 aliphatic rings. The third-order valence-electron chi connectivity index (χ3n) is 10.4. The second-order valence-electron chi connectivity index (χ2n) is 13.2. The number of aromatic nitrogens is 5. The van der Waals surface area contributed by atoms with Crippen LogP contribution in [0.1, 0.15) is 36.0 Å². The number of pyridine rings is 2. The number of methoxy groups -OCH3 is 1. The predicted molar refractivity (Wildman–Crippen MR) is 177 cm³/mol. The third kappa shape index (κ3) is 4.12. The first kappa shape index (κ1) is 27.4. The number of likely N-dealkylation sites (tertiary alicyclic amines) is 1. The van der Waals surface area contributed by atoms with Crippen molar-refractivity contribution in [2.75, 3.05) is 13.7 Å². The van der Waals surface area contributed by atoms with Crippen molar-refractivity contribution in [1.29, 1.82) is 0 Å². The number of carbonyl (C=O) groups is 1. The van der Waals surface area contributed by atoms with Crippen molar-refractivity contribution in [3.63, 3.8) is 0 Å². The highest BCUT2D eigenvalue weighted by Crippen LogP contribution is 2.40. The number of carbonyl (C=O) groups excluding carboxylic acids is 1. The molecule has 46 heavy (non-hydrogen) atoms. The average molecular weight is 614 g/mol. The van der Waals surface area contributed by atoms with Crippen LogP contribution in [0.4, 0.5) is 0 Å². The smallest absolute Gasteiger partial charge is 0.254 e. The number of benzene rings is 2. The van der Waals surface area contributed by atoms with E-state index in [1.54, 1.807) is 19.4 Å². The minimum Gasteiger partial charge on any atom is -0.507 e. The van der Waals surface area contributed by atoms with Gasteiger partial charge in [-0.3, -0.25) is 9.78 Å². The molecule has 2 unspecified atom stereocenters. The summed E-state index contributed by atoms with van der Waals surface area (Å²) >= 11 is 0. The van der Waals surface area contributed by atoms with Gasteiger partial charge in [0.15, 0.2) is 5.82 Å². The highest BCUT2D eigenvalue weighted by atomic mass is 16.5. The number of amides is 1. The van der Waals surface area contributed by atoms with Crippen LogP contribution >= 0.6 is 0 Å². The summed E-state index contributed by atoms with van der Waals surface area (Å²) in [4.78, 5) is 30.5. The molecule has 3 fully saturated rings. The van der Waals surface area contributed by atoms with E-state index in [0.29, 0.717) is 35.1 Å². The first-order chi connectivity index (χ1) is 22.4. The van der Waals surface area contributed by atoms with Gasteiger partial charge in [0.05, 0.1) is 29.5 Å². The standard InChI is InChI=1S/C36H35N7O3/c1-41-33-27(14-23(16-31(33)46-2)36(45)43-18-22-7-10-28(43)32(22)37)40-35(41)29-15-21-6-9-25(39-34(21)42(29)17-19-3-4-19)20-5-8-24-26(13-20)38-12-11-30(24)44/h5-6,8-9,11-16,19,22,28,32H,3-4,7,10,17-18,37H2,1-2H3,(H,38,44)/t22?,28?,32-/m1/s1. The summed E-state index contributed by atoms with van der Waals surface area (Å²) in [7, 11) is 3.64. The van der Waals surface area contributed by atoms with E-state index < -0.39 is 0 Å². The highest BCUT2D eigenvalue weighted by molar-refractivity contribution is 6.00. The predicted octanol–water partition coefficient (Wildman–Crippen LogP) is 5.49. The molecule has 2 aliphatic carbocycles. The minimum atomic E-state index is -0.00580. The fourth-order valence-corrected chi connectivity index (χ4v) is 7.78. The first-order valence-corrected chi connectivity index (χ1v) is 16.1. The number of nitrogens with zero attached hydrogens (tertiary/aromatic N) is 6. The number of nitrogens with two attached hydrogens (primary N) is 1. The molecule has 9 rings (SSSR count). The van der Waals surface area contributed by atoms with Gasteiger partial charge < -0.3 is 29.6 Å². The molecule has 1 amide bonds. The van der Waals surface area contributed by atoms with Crippen LogP contribution in [0.25, 0.3) is 55.7 Å². The average Bonchev–Trinajstić information content (AvgIpc) is 3.47. The Morgan fingerprint density at radius 1 is 1.02 bits per heavy atom. The van der Waals surface area contributed by atoms with E-state index in [0.717, 1.165) is 69.7 Å². The van der Waals surface area contributed by atoms with Gasteiger partial charge in [0.2, 0.25) is 0 Å². The lowest BCUT2D eigenvalue weighted by molar-refractivity contribution is 0.0700. The number of hydrogen-bond donors (Lipinski definition) is 2. The maximum atomic E-state index is 13.7. The number of piperidine rings is 1. The number of rotatable bonds is 6. The van der Waals surface area contributed by atoms with Crippen LogP contribution in [-0.2, 0) is 13.6 Å². The summed E-state index contributed by atoms with van der Waals surface area (Å²) in [6.07, 6.45) is 6.07. The first-order valence-electron chi connectivity index (χ1n) is 16.1. The Morgan fingerprint density at radius 3 is 2.65 bits per heavy atom. The van der Waals surface area contributed by atoms with Crippen molar-refractivity contribution >= 4 is 38.9 Å². The molecular weight excluding hydrogens is 578 g/mol. The van der Waals surface area contributed by atoms with Gasteiger partial charge in [0, 0.05) is 60.3 Å². The third-order valence-corrected chi connectivity index (χ3v) is 10.4. The largest absolute Gasteiger partial charge is 0.507 e. The van der Waals surface area contributed by atoms with E-state index in [2.05, 4.69) is 26.3 Å². The molecule has 10 nitrogen and oxygen atoms in total. The Hall–Kier alpha value is -4.96. The van der Waals surface area contributed by atoms with Gasteiger partial charge in [-0.05, 0) is 86.1 Å². The Labute approximate surface area is 265 Å². The zero-order valence-corrected chi connectivity index (χ0v) is 25.8. The van der Waals surface area contributed by atoms with Gasteiger partial charge in [-0.15, -0.1) is 0 Å². The second-order valence-corrected chi connectivity index (χ2v) is 13.2. The van der Waals surface area contributed by atoms with Gasteiger partial charge in [0.25, 0.3) is 5.91 Å². The Morgan fingerprint density at radius 2 is 1.89 bits per heavy atom. The fraction of sp³-hybridized carbons (Fsp3) is 0.333. The summed E-state index contributed by atoms with van der Waals surface area (Å²) in [5, 5.41) is 12.0. The van der Waals surface area contributed by atoms with Crippen LogP contribution in [0.3, 0.4) is 0 Å². The molecule has 3 atom stereocenters. The van der Waals surface area contributed by atoms with Crippen LogP contribution in [0, 0.1) is 11.8 Å². The van der Waals surface area contributed by atoms with Gasteiger partial charge in [0.1, 0.15) is 22.7 Å². The molecule has 0 radical (unpaired) electrons. The molecule has 1 aliphatic heterocycles. The van der Waals surface area contributed by atoms with E-state index in [-0.39, 0.29) is 23.7 Å². The maximum Gasteiger partial charge on any atom is 0.254 e. The number of aryl methyl sites for hydroxylation is 1. The molecule has 3 N–H and O–H groups in total. The molecule has 4 aromatic heterocycles. The number of hydrogen-bond acceptors (Lipinski definition) is 7.